The molecular formula is C28H48O2. The Morgan fingerprint density at radius 3 is 1.73 bits per heavy atom. The zero-order valence-electron chi connectivity index (χ0n) is 20.0. The first kappa shape index (κ1) is 26.7. The summed E-state index contributed by atoms with van der Waals surface area (Å²) in [7, 11) is 0. The van der Waals surface area contributed by atoms with Crippen molar-refractivity contribution in [1.82, 2.24) is 0 Å². The van der Waals surface area contributed by atoms with E-state index in [4.69, 9.17) is 5.11 Å². The van der Waals surface area contributed by atoms with Crippen LogP contribution in [-0.2, 0) is 11.2 Å². The highest BCUT2D eigenvalue weighted by Crippen LogP contribution is 2.28. The maximum atomic E-state index is 11.1. The van der Waals surface area contributed by atoms with Crippen molar-refractivity contribution in [2.24, 2.45) is 0 Å². The molecular weight excluding hydrogens is 368 g/mol. The molecule has 1 rings (SSSR count). The summed E-state index contributed by atoms with van der Waals surface area (Å²) < 4.78 is 0. The number of aryl methyl sites for hydroxylation is 1. The van der Waals surface area contributed by atoms with E-state index in [9.17, 15) is 4.79 Å². The van der Waals surface area contributed by atoms with Crippen molar-refractivity contribution in [1.29, 1.82) is 0 Å². The Hall–Kier alpha value is -1.31. The molecule has 1 atom stereocenters. The molecule has 0 aromatic heterocycles. The number of carboxylic acids is 1. The Morgan fingerprint density at radius 1 is 0.700 bits per heavy atom. The van der Waals surface area contributed by atoms with Gasteiger partial charge in [0.25, 0.3) is 0 Å². The zero-order valence-corrected chi connectivity index (χ0v) is 20.0. The van der Waals surface area contributed by atoms with E-state index in [0.29, 0.717) is 5.92 Å². The second-order valence-corrected chi connectivity index (χ2v) is 9.15. The molecule has 2 nitrogen and oxygen atoms in total. The molecule has 0 heterocycles. The Balaban J connectivity index is 2.36. The van der Waals surface area contributed by atoms with Gasteiger partial charge in [-0.3, -0.25) is 4.79 Å². The summed E-state index contributed by atoms with van der Waals surface area (Å²) in [6.45, 7) is 4.52. The summed E-state index contributed by atoms with van der Waals surface area (Å²) in [5.74, 6) is -0.279. The lowest BCUT2D eigenvalue weighted by molar-refractivity contribution is -0.137. The molecule has 30 heavy (non-hydrogen) atoms. The van der Waals surface area contributed by atoms with Crippen LogP contribution < -0.4 is 0 Å². The zero-order chi connectivity index (χ0) is 21.9. The van der Waals surface area contributed by atoms with Crippen molar-refractivity contribution < 1.29 is 9.90 Å². The van der Waals surface area contributed by atoms with Crippen molar-refractivity contribution in [2.75, 3.05) is 0 Å². The third-order valence-corrected chi connectivity index (χ3v) is 6.38. The summed E-state index contributed by atoms with van der Waals surface area (Å²) in [5, 5.41) is 9.12. The van der Waals surface area contributed by atoms with Gasteiger partial charge >= 0.3 is 5.97 Å². The van der Waals surface area contributed by atoms with Gasteiger partial charge in [-0.25, -0.2) is 0 Å². The summed E-state index contributed by atoms with van der Waals surface area (Å²) in [6.07, 6.45) is 22.0. The van der Waals surface area contributed by atoms with Crippen LogP contribution in [0, 0.1) is 0 Å². The maximum absolute atomic E-state index is 11.1. The number of benzene rings is 1. The molecule has 1 aromatic rings. The van der Waals surface area contributed by atoms with E-state index in [-0.39, 0.29) is 6.42 Å². The van der Waals surface area contributed by atoms with Crippen molar-refractivity contribution in [2.45, 2.75) is 135 Å². The standard InChI is InChI=1S/C28H48O2/c1-3-5-7-9-11-12-13-15-17-25-19-21-27(22-20-25)26(23-24-28(29)30)18-16-14-10-8-6-4-2/h19-22,26H,3-18,23-24H2,1-2H3,(H,29,30). The molecule has 0 saturated heterocycles. The van der Waals surface area contributed by atoms with Crippen LogP contribution in [0.3, 0.4) is 0 Å². The van der Waals surface area contributed by atoms with Crippen LogP contribution in [-0.4, -0.2) is 11.1 Å². The van der Waals surface area contributed by atoms with Gasteiger partial charge in [0, 0.05) is 6.42 Å². The number of hydrogen-bond donors (Lipinski definition) is 1. The van der Waals surface area contributed by atoms with Crippen molar-refractivity contribution >= 4 is 5.97 Å². The van der Waals surface area contributed by atoms with E-state index in [1.165, 1.54) is 107 Å². The third-order valence-electron chi connectivity index (χ3n) is 6.38. The van der Waals surface area contributed by atoms with Gasteiger partial charge in [-0.05, 0) is 42.7 Å². The van der Waals surface area contributed by atoms with Crippen LogP contribution in [0.25, 0.3) is 0 Å². The fourth-order valence-corrected chi connectivity index (χ4v) is 4.37. The number of hydrogen-bond acceptors (Lipinski definition) is 1. The normalized spacial score (nSPS) is 12.2. The van der Waals surface area contributed by atoms with Crippen LogP contribution in [0.1, 0.15) is 140 Å². The van der Waals surface area contributed by atoms with E-state index < -0.39 is 5.97 Å². The average Bonchev–Trinajstić information content (AvgIpc) is 2.75. The highest BCUT2D eigenvalue weighted by Gasteiger charge is 2.13. The number of aliphatic carboxylic acids is 1. The fraction of sp³-hybridized carbons (Fsp3) is 0.750. The molecule has 0 aliphatic rings. The van der Waals surface area contributed by atoms with Gasteiger partial charge < -0.3 is 5.11 Å². The molecule has 0 aliphatic heterocycles. The number of carbonyl (C=O) groups is 1. The van der Waals surface area contributed by atoms with Crippen LogP contribution in [0.2, 0.25) is 0 Å². The molecule has 172 valence electrons. The first-order chi connectivity index (χ1) is 14.7. The lowest BCUT2D eigenvalue weighted by Gasteiger charge is -2.17. The first-order valence-electron chi connectivity index (χ1n) is 13.0. The molecule has 0 saturated carbocycles. The number of carboxylic acid groups (broad SMARTS) is 1. The topological polar surface area (TPSA) is 37.3 Å². The summed E-state index contributed by atoms with van der Waals surface area (Å²) in [6, 6.07) is 9.10. The number of unbranched alkanes of at least 4 members (excludes halogenated alkanes) is 12. The quantitative estimate of drug-likeness (QED) is 0.215. The van der Waals surface area contributed by atoms with Gasteiger partial charge in [-0.15, -0.1) is 0 Å². The first-order valence-corrected chi connectivity index (χ1v) is 13.0. The minimum absolute atomic E-state index is 0.278. The molecule has 0 aliphatic carbocycles. The lowest BCUT2D eigenvalue weighted by Crippen LogP contribution is -2.04. The Bertz CT molecular complexity index is 520. The summed E-state index contributed by atoms with van der Waals surface area (Å²) in [4.78, 5) is 11.1. The van der Waals surface area contributed by atoms with Gasteiger partial charge in [0.1, 0.15) is 0 Å². The van der Waals surface area contributed by atoms with Crippen LogP contribution >= 0.6 is 0 Å². The average molecular weight is 417 g/mol. The van der Waals surface area contributed by atoms with E-state index in [1.54, 1.807) is 0 Å². The predicted molar refractivity (Wildman–Crippen MR) is 130 cm³/mol. The van der Waals surface area contributed by atoms with E-state index >= 15 is 0 Å². The van der Waals surface area contributed by atoms with Crippen LogP contribution in [0.4, 0.5) is 0 Å². The molecule has 1 unspecified atom stereocenters. The van der Waals surface area contributed by atoms with Crippen molar-refractivity contribution in [3.05, 3.63) is 35.4 Å². The molecule has 2 heteroatoms. The van der Waals surface area contributed by atoms with Crippen LogP contribution in [0.15, 0.2) is 24.3 Å². The lowest BCUT2D eigenvalue weighted by atomic mass is 9.88. The Labute approximate surface area is 186 Å². The molecule has 0 fully saturated rings. The monoisotopic (exact) mass is 416 g/mol. The second-order valence-electron chi connectivity index (χ2n) is 9.15. The summed E-state index contributed by atoms with van der Waals surface area (Å²) >= 11 is 0. The van der Waals surface area contributed by atoms with Gasteiger partial charge in [0.2, 0.25) is 0 Å². The van der Waals surface area contributed by atoms with Gasteiger partial charge in [0.05, 0.1) is 0 Å². The van der Waals surface area contributed by atoms with Gasteiger partial charge in [0.15, 0.2) is 0 Å². The Morgan fingerprint density at radius 2 is 1.20 bits per heavy atom. The van der Waals surface area contributed by atoms with E-state index in [1.807, 2.05) is 0 Å². The van der Waals surface area contributed by atoms with E-state index in [0.717, 1.165) is 12.8 Å². The minimum Gasteiger partial charge on any atom is -0.481 e. The summed E-state index contributed by atoms with van der Waals surface area (Å²) in [5.41, 5.74) is 2.77. The molecule has 0 amide bonds. The Kier molecular flexibility index (Phi) is 16.4. The smallest absolute Gasteiger partial charge is 0.303 e. The van der Waals surface area contributed by atoms with E-state index in [2.05, 4.69) is 38.1 Å². The molecule has 1 aromatic carbocycles. The van der Waals surface area contributed by atoms with Crippen molar-refractivity contribution in [3.63, 3.8) is 0 Å². The highest BCUT2D eigenvalue weighted by atomic mass is 16.4. The van der Waals surface area contributed by atoms with Crippen molar-refractivity contribution in [3.8, 4) is 0 Å². The largest absolute Gasteiger partial charge is 0.481 e. The SMILES string of the molecule is CCCCCCCCCCc1ccc(C(CCCCCCCC)CCC(=O)O)cc1. The number of rotatable bonds is 20. The molecule has 0 spiro atoms. The van der Waals surface area contributed by atoms with Gasteiger partial charge in [-0.1, -0.05) is 122 Å². The molecule has 0 bridgehead atoms. The highest BCUT2D eigenvalue weighted by molar-refractivity contribution is 5.66. The predicted octanol–water partition coefficient (Wildman–Crippen LogP) is 9.07. The molecule has 0 radical (unpaired) electrons. The third kappa shape index (κ3) is 13.8. The van der Waals surface area contributed by atoms with Crippen LogP contribution in [0.5, 0.6) is 0 Å². The minimum atomic E-state index is -0.672. The molecule has 1 N–H and O–H groups in total. The van der Waals surface area contributed by atoms with Gasteiger partial charge in [-0.2, -0.15) is 0 Å². The fourth-order valence-electron chi connectivity index (χ4n) is 4.37. The second kappa shape index (κ2) is 18.5. The maximum Gasteiger partial charge on any atom is 0.303 e.